The molecule has 0 saturated carbocycles. The van der Waals surface area contributed by atoms with E-state index < -0.39 is 6.04 Å². The molecular formula is C25H25BrN4O3. The van der Waals surface area contributed by atoms with Gasteiger partial charge in [0.05, 0.1) is 24.2 Å². The van der Waals surface area contributed by atoms with Gasteiger partial charge in [-0.2, -0.15) is 9.78 Å². The molecule has 2 aromatic heterocycles. The van der Waals surface area contributed by atoms with Gasteiger partial charge in [-0.1, -0.05) is 48.0 Å². The van der Waals surface area contributed by atoms with Crippen LogP contribution >= 0.6 is 15.9 Å². The predicted octanol–water partition coefficient (Wildman–Crippen LogP) is 5.24. The summed E-state index contributed by atoms with van der Waals surface area (Å²) in [6, 6.07) is 12.7. The minimum Gasteiger partial charge on any atom is -0.467 e. The molecule has 7 nitrogen and oxygen atoms in total. The van der Waals surface area contributed by atoms with Gasteiger partial charge in [0.1, 0.15) is 11.9 Å². The molecule has 4 rings (SSSR count). The molecule has 0 unspecified atom stereocenters. The molecule has 0 amide bonds. The Morgan fingerprint density at radius 2 is 1.97 bits per heavy atom. The molecule has 33 heavy (non-hydrogen) atoms. The van der Waals surface area contributed by atoms with Crippen LogP contribution in [0.3, 0.4) is 0 Å². The van der Waals surface area contributed by atoms with Gasteiger partial charge in [0, 0.05) is 33.1 Å². The third-order valence-corrected chi connectivity index (χ3v) is 6.42. The van der Waals surface area contributed by atoms with Crippen LogP contribution in [-0.2, 0) is 9.53 Å². The maximum Gasteiger partial charge on any atom is 0.328 e. The average Bonchev–Trinajstić information content (AvgIpc) is 3.20. The first-order valence-corrected chi connectivity index (χ1v) is 11.6. The van der Waals surface area contributed by atoms with E-state index in [0.29, 0.717) is 16.7 Å². The lowest BCUT2D eigenvalue weighted by Gasteiger charge is -2.13. The molecule has 2 heterocycles. The Morgan fingerprint density at radius 1 is 1.21 bits per heavy atom. The minimum absolute atomic E-state index is 0.0450. The van der Waals surface area contributed by atoms with E-state index in [9.17, 15) is 9.59 Å². The third-order valence-electron chi connectivity index (χ3n) is 5.93. The van der Waals surface area contributed by atoms with Crippen LogP contribution in [0.2, 0.25) is 0 Å². The molecule has 0 aliphatic heterocycles. The number of para-hydroxylation sites is 1. The van der Waals surface area contributed by atoms with Gasteiger partial charge in [0.2, 0.25) is 0 Å². The highest BCUT2D eigenvalue weighted by Crippen LogP contribution is 2.25. The van der Waals surface area contributed by atoms with Gasteiger partial charge in [0.15, 0.2) is 0 Å². The van der Waals surface area contributed by atoms with Gasteiger partial charge in [-0.05, 0) is 37.6 Å². The zero-order valence-electron chi connectivity index (χ0n) is 18.9. The van der Waals surface area contributed by atoms with Gasteiger partial charge in [-0.15, -0.1) is 0 Å². The van der Waals surface area contributed by atoms with Gasteiger partial charge in [-0.25, -0.2) is 9.78 Å². The Balaban J connectivity index is 1.89. The number of hydrogen-bond donors (Lipinski definition) is 0. The Morgan fingerprint density at radius 3 is 2.70 bits per heavy atom. The van der Waals surface area contributed by atoms with E-state index in [1.165, 1.54) is 11.8 Å². The summed E-state index contributed by atoms with van der Waals surface area (Å²) in [5, 5.41) is 6.00. The predicted molar refractivity (Wildman–Crippen MR) is 134 cm³/mol. The van der Waals surface area contributed by atoms with Crippen LogP contribution in [0, 0.1) is 0 Å². The summed E-state index contributed by atoms with van der Waals surface area (Å²) in [6.45, 7) is 5.87. The van der Waals surface area contributed by atoms with Crippen molar-refractivity contribution in [2.24, 2.45) is 5.10 Å². The van der Waals surface area contributed by atoms with Crippen LogP contribution in [0.15, 0.2) is 63.0 Å². The van der Waals surface area contributed by atoms with E-state index in [4.69, 9.17) is 9.72 Å². The number of carbonyl (C=O) groups excluding carboxylic acids is 1. The number of ether oxygens (including phenoxy) is 1. The maximum atomic E-state index is 13.4. The van der Waals surface area contributed by atoms with Crippen LogP contribution in [0.25, 0.3) is 21.8 Å². The topological polar surface area (TPSA) is 78.5 Å². The summed E-state index contributed by atoms with van der Waals surface area (Å²) in [5.74, 6) is 0.322. The highest BCUT2D eigenvalue weighted by molar-refractivity contribution is 9.10. The fourth-order valence-corrected chi connectivity index (χ4v) is 4.20. The van der Waals surface area contributed by atoms with Crippen molar-refractivity contribution in [3.63, 3.8) is 0 Å². The van der Waals surface area contributed by atoms with E-state index in [-0.39, 0.29) is 17.4 Å². The van der Waals surface area contributed by atoms with Crippen LogP contribution < -0.4 is 5.56 Å². The zero-order chi connectivity index (χ0) is 23.7. The molecule has 0 aliphatic carbocycles. The monoisotopic (exact) mass is 508 g/mol. The summed E-state index contributed by atoms with van der Waals surface area (Å²) in [7, 11) is 1.38. The molecule has 0 aliphatic rings. The molecule has 2 atom stereocenters. The second-order valence-corrected chi connectivity index (χ2v) is 8.93. The average molecular weight is 509 g/mol. The molecular weight excluding hydrogens is 484 g/mol. The highest BCUT2D eigenvalue weighted by Gasteiger charge is 2.19. The summed E-state index contributed by atoms with van der Waals surface area (Å²) in [4.78, 5) is 30.3. The largest absolute Gasteiger partial charge is 0.467 e. The molecule has 0 N–H and O–H groups in total. The van der Waals surface area contributed by atoms with Crippen LogP contribution in [0.4, 0.5) is 0 Å². The number of carbonyl (C=O) groups is 1. The van der Waals surface area contributed by atoms with Gasteiger partial charge in [0.25, 0.3) is 5.56 Å². The lowest BCUT2D eigenvalue weighted by Crippen LogP contribution is -2.23. The van der Waals surface area contributed by atoms with E-state index in [1.54, 1.807) is 19.2 Å². The standard InChI is InChI=1S/C25H25BrN4O3/c1-5-15(2)23-28-21-11-10-18(26)12-20(21)24(31)30(23)27-13-17-14-29(16(3)25(32)33-4)22-9-7-6-8-19(17)22/h6-16H,5H2,1-4H3/t15-,16+/m1/s1. The second kappa shape index (κ2) is 9.31. The van der Waals surface area contributed by atoms with Crippen LogP contribution in [0.1, 0.15) is 50.5 Å². The number of halogens is 1. The summed E-state index contributed by atoms with van der Waals surface area (Å²) >= 11 is 3.43. The van der Waals surface area contributed by atoms with Gasteiger partial charge < -0.3 is 9.30 Å². The fourth-order valence-electron chi connectivity index (χ4n) is 3.84. The SMILES string of the molecule is CC[C@@H](C)c1nc2ccc(Br)cc2c(=O)n1N=Cc1cn([C@@H](C)C(=O)OC)c2ccccc12. The van der Waals surface area contributed by atoms with E-state index in [2.05, 4.69) is 28.0 Å². The van der Waals surface area contributed by atoms with Gasteiger partial charge in [-0.3, -0.25) is 4.79 Å². The number of nitrogens with zero attached hydrogens (tertiary/aromatic N) is 4. The second-order valence-electron chi connectivity index (χ2n) is 8.01. The Hall–Kier alpha value is -3.26. The molecule has 0 fully saturated rings. The Kier molecular flexibility index (Phi) is 6.47. The van der Waals surface area contributed by atoms with Crippen molar-refractivity contribution in [1.29, 1.82) is 0 Å². The Labute approximate surface area is 199 Å². The summed E-state index contributed by atoms with van der Waals surface area (Å²) < 4.78 is 8.98. The van der Waals surface area contributed by atoms with Crippen LogP contribution in [0.5, 0.6) is 0 Å². The molecule has 4 aromatic rings. The van der Waals surface area contributed by atoms with Crippen LogP contribution in [-0.4, -0.2) is 33.5 Å². The van der Waals surface area contributed by atoms with E-state index >= 15 is 0 Å². The lowest BCUT2D eigenvalue weighted by molar-refractivity contribution is -0.143. The molecule has 0 spiro atoms. The normalized spacial score (nSPS) is 13.6. The first-order valence-electron chi connectivity index (χ1n) is 10.8. The number of methoxy groups -OCH3 is 1. The van der Waals surface area contributed by atoms with E-state index in [0.717, 1.165) is 27.4 Å². The van der Waals surface area contributed by atoms with Crippen molar-refractivity contribution in [1.82, 2.24) is 14.2 Å². The maximum absolute atomic E-state index is 13.4. The summed E-state index contributed by atoms with van der Waals surface area (Å²) in [5.41, 5.74) is 2.09. The molecule has 8 heteroatoms. The smallest absolute Gasteiger partial charge is 0.328 e. The third kappa shape index (κ3) is 4.23. The van der Waals surface area contributed by atoms with Crippen molar-refractivity contribution >= 4 is 49.9 Å². The van der Waals surface area contributed by atoms with Crippen molar-refractivity contribution < 1.29 is 9.53 Å². The fraction of sp³-hybridized carbons (Fsp3) is 0.280. The lowest BCUT2D eigenvalue weighted by atomic mass is 10.1. The quantitative estimate of drug-likeness (QED) is 0.263. The first kappa shape index (κ1) is 22.9. The Bertz CT molecular complexity index is 1440. The molecule has 0 radical (unpaired) electrons. The van der Waals surface area contributed by atoms with Crippen molar-refractivity contribution in [3.8, 4) is 0 Å². The van der Waals surface area contributed by atoms with E-state index in [1.807, 2.05) is 54.1 Å². The minimum atomic E-state index is -0.500. The number of hydrogen-bond acceptors (Lipinski definition) is 5. The molecule has 0 bridgehead atoms. The zero-order valence-corrected chi connectivity index (χ0v) is 20.5. The first-order chi connectivity index (χ1) is 15.8. The van der Waals surface area contributed by atoms with Crippen molar-refractivity contribution in [2.45, 2.75) is 39.2 Å². The molecule has 170 valence electrons. The van der Waals surface area contributed by atoms with Gasteiger partial charge >= 0.3 is 5.97 Å². The summed E-state index contributed by atoms with van der Waals surface area (Å²) in [6.07, 6.45) is 4.33. The highest BCUT2D eigenvalue weighted by atomic mass is 79.9. The molecule has 2 aromatic carbocycles. The number of rotatable bonds is 6. The number of fused-ring (bicyclic) bond motifs is 2. The number of esters is 1. The molecule has 0 saturated heterocycles. The van der Waals surface area contributed by atoms with Crippen molar-refractivity contribution in [3.05, 3.63) is 74.9 Å². The number of aromatic nitrogens is 3. The van der Waals surface area contributed by atoms with Crippen molar-refractivity contribution in [2.75, 3.05) is 7.11 Å². The number of benzene rings is 2.